The Kier molecular flexibility index (Phi) is 7.70. The Morgan fingerprint density at radius 3 is 2.58 bits per heavy atom. The van der Waals surface area contributed by atoms with Crippen LogP contribution < -0.4 is 0 Å². The number of benzene rings is 2. The van der Waals surface area contributed by atoms with Crippen molar-refractivity contribution < 1.29 is 32.5 Å². The van der Waals surface area contributed by atoms with Crippen molar-refractivity contribution in [1.29, 1.82) is 0 Å². The van der Waals surface area contributed by atoms with Crippen molar-refractivity contribution in [3.8, 4) is 16.4 Å². The molecule has 5 aromatic rings. The minimum Gasteiger partial charge on any atom is -0.388 e. The first-order valence-corrected chi connectivity index (χ1v) is 15.1. The van der Waals surface area contributed by atoms with Crippen molar-refractivity contribution >= 4 is 22.9 Å². The summed E-state index contributed by atoms with van der Waals surface area (Å²) in [6, 6.07) is 11.6. The number of halogens is 4. The number of aliphatic hydroxyl groups excluding tert-OH is 1. The van der Waals surface area contributed by atoms with Gasteiger partial charge in [0.25, 0.3) is 0 Å². The number of aromatic nitrogens is 7. The zero-order valence-corrected chi connectivity index (χ0v) is 25.2. The zero-order valence-electron chi connectivity index (χ0n) is 23.7. The number of thiazole rings is 1. The lowest BCUT2D eigenvalue weighted by Crippen LogP contribution is -2.57. The first-order valence-electron chi connectivity index (χ1n) is 13.9. The average molecular weight is 660 g/mol. The highest BCUT2D eigenvalue weighted by Crippen LogP contribution is 2.45. The molecule has 1 N–H and O–H groups in total. The molecule has 3 aromatic heterocycles. The fourth-order valence-corrected chi connectivity index (χ4v) is 6.61. The maximum absolute atomic E-state index is 14.1. The van der Waals surface area contributed by atoms with Crippen LogP contribution in [0.5, 0.6) is 0 Å². The number of aliphatic hydroxyl groups is 1. The van der Waals surface area contributed by atoms with E-state index in [1.165, 1.54) is 33.6 Å². The summed E-state index contributed by atoms with van der Waals surface area (Å²) in [4.78, 5) is 4.48. The first-order chi connectivity index (χ1) is 21.6. The van der Waals surface area contributed by atoms with E-state index in [0.29, 0.717) is 10.7 Å². The molecular weight excluding hydrogens is 635 g/mol. The van der Waals surface area contributed by atoms with Gasteiger partial charge in [0.2, 0.25) is 0 Å². The van der Waals surface area contributed by atoms with Gasteiger partial charge in [0, 0.05) is 21.7 Å². The lowest BCUT2D eigenvalue weighted by molar-refractivity contribution is -0.319. The number of hydrogen-bond donors (Lipinski definition) is 1. The van der Waals surface area contributed by atoms with Gasteiger partial charge in [0.15, 0.2) is 12.1 Å². The Hall–Kier alpha value is -3.73. The van der Waals surface area contributed by atoms with Crippen molar-refractivity contribution in [2.24, 2.45) is 0 Å². The predicted molar refractivity (Wildman–Crippen MR) is 155 cm³/mol. The standard InChI is InChI=1S/C29H25ClF3N7O4S/c1-14-13-45-27(34-14)19-11-39(38-36-19)22-23(41)25(43-21-12-42-28(44-24(21)22)16-6-4-3-5-7-16)26-37-35-15(2)40(26)20-10-17(30)8-9-18(20)29(31,32)33/h3-11,13,21-25,28,41H,12H2,1-2H3/t21?,22-,23?,24+,25-,28?/m1/s1. The molecule has 234 valence electrons. The van der Waals surface area contributed by atoms with E-state index in [9.17, 15) is 18.3 Å². The Morgan fingerprint density at radius 2 is 1.84 bits per heavy atom. The van der Waals surface area contributed by atoms with E-state index in [1.54, 1.807) is 6.20 Å². The molecule has 0 amide bonds. The smallest absolute Gasteiger partial charge is 0.388 e. The molecule has 0 radical (unpaired) electrons. The molecule has 16 heteroatoms. The number of fused-ring (bicyclic) bond motifs is 1. The molecule has 2 aliphatic rings. The Balaban J connectivity index is 1.31. The number of aryl methyl sites for hydroxylation is 2. The summed E-state index contributed by atoms with van der Waals surface area (Å²) >= 11 is 7.56. The monoisotopic (exact) mass is 659 g/mol. The fourth-order valence-electron chi connectivity index (χ4n) is 5.69. The summed E-state index contributed by atoms with van der Waals surface area (Å²) in [6.45, 7) is 3.42. The molecule has 3 unspecified atom stereocenters. The van der Waals surface area contributed by atoms with E-state index in [1.807, 2.05) is 42.6 Å². The maximum atomic E-state index is 14.1. The molecule has 0 spiro atoms. The molecule has 5 heterocycles. The summed E-state index contributed by atoms with van der Waals surface area (Å²) < 4.78 is 63.9. The molecule has 11 nitrogen and oxygen atoms in total. The van der Waals surface area contributed by atoms with Crippen LogP contribution in [-0.2, 0) is 20.4 Å². The summed E-state index contributed by atoms with van der Waals surface area (Å²) in [6.07, 6.45) is -8.09. The van der Waals surface area contributed by atoms with Crippen LogP contribution in [0.3, 0.4) is 0 Å². The summed E-state index contributed by atoms with van der Waals surface area (Å²) in [5.74, 6) is 0.0759. The zero-order chi connectivity index (χ0) is 31.5. The van der Waals surface area contributed by atoms with Gasteiger partial charge in [-0.3, -0.25) is 4.57 Å². The van der Waals surface area contributed by atoms with Crippen LogP contribution in [0, 0.1) is 13.8 Å². The first kappa shape index (κ1) is 30.0. The van der Waals surface area contributed by atoms with Crippen molar-refractivity contribution in [3.63, 3.8) is 0 Å². The lowest BCUT2D eigenvalue weighted by atomic mass is 9.91. The molecule has 0 aliphatic carbocycles. The quantitative estimate of drug-likeness (QED) is 0.263. The normalized spacial score (nSPS) is 25.3. The van der Waals surface area contributed by atoms with Gasteiger partial charge in [-0.25, -0.2) is 9.67 Å². The second-order valence-corrected chi connectivity index (χ2v) is 12.0. The number of nitrogens with zero attached hydrogens (tertiary/aromatic N) is 7. The molecular formula is C29H25ClF3N7O4S. The van der Waals surface area contributed by atoms with Crippen molar-refractivity contribution in [1.82, 2.24) is 34.7 Å². The molecule has 2 aliphatic heterocycles. The molecule has 45 heavy (non-hydrogen) atoms. The van der Waals surface area contributed by atoms with Crippen molar-refractivity contribution in [2.75, 3.05) is 6.61 Å². The lowest BCUT2D eigenvalue weighted by Gasteiger charge is -2.47. The predicted octanol–water partition coefficient (Wildman–Crippen LogP) is 5.43. The number of hydrogen-bond acceptors (Lipinski definition) is 10. The average Bonchev–Trinajstić information content (AvgIpc) is 3.76. The third kappa shape index (κ3) is 5.53. The minimum atomic E-state index is -4.71. The highest BCUT2D eigenvalue weighted by Gasteiger charge is 2.53. The van der Waals surface area contributed by atoms with Gasteiger partial charge < -0.3 is 19.3 Å². The molecule has 2 aromatic carbocycles. The van der Waals surface area contributed by atoms with Crippen LogP contribution in [-0.4, -0.2) is 64.8 Å². The Morgan fingerprint density at radius 1 is 1.04 bits per heavy atom. The van der Waals surface area contributed by atoms with Gasteiger partial charge in [0.05, 0.1) is 24.1 Å². The van der Waals surface area contributed by atoms with E-state index in [0.717, 1.165) is 23.4 Å². The van der Waals surface area contributed by atoms with Gasteiger partial charge in [-0.1, -0.05) is 47.1 Å². The van der Waals surface area contributed by atoms with Crippen molar-refractivity contribution in [3.05, 3.63) is 93.6 Å². The van der Waals surface area contributed by atoms with Crippen LogP contribution in [0.25, 0.3) is 16.4 Å². The van der Waals surface area contributed by atoms with E-state index in [-0.39, 0.29) is 29.0 Å². The molecule has 0 saturated carbocycles. The third-order valence-corrected chi connectivity index (χ3v) is 8.93. The largest absolute Gasteiger partial charge is 0.418 e. The topological polar surface area (TPSA) is 122 Å². The third-order valence-electron chi connectivity index (χ3n) is 7.71. The Bertz CT molecular complexity index is 1830. The second kappa shape index (κ2) is 11.6. The molecule has 0 bridgehead atoms. The van der Waals surface area contributed by atoms with Gasteiger partial charge in [0.1, 0.15) is 47.0 Å². The van der Waals surface area contributed by atoms with Crippen LogP contribution in [0.15, 0.2) is 60.1 Å². The maximum Gasteiger partial charge on any atom is 0.418 e. The van der Waals surface area contributed by atoms with E-state index < -0.39 is 48.5 Å². The summed E-state index contributed by atoms with van der Waals surface area (Å²) in [5.41, 5.74) is 0.817. The van der Waals surface area contributed by atoms with Gasteiger partial charge in [-0.15, -0.1) is 26.6 Å². The van der Waals surface area contributed by atoms with Crippen LogP contribution in [0.4, 0.5) is 13.2 Å². The van der Waals surface area contributed by atoms with Gasteiger partial charge >= 0.3 is 6.18 Å². The molecule has 2 saturated heterocycles. The van der Waals surface area contributed by atoms with Crippen LogP contribution in [0.2, 0.25) is 5.02 Å². The number of ether oxygens (including phenoxy) is 3. The van der Waals surface area contributed by atoms with Crippen molar-refractivity contribution in [2.45, 2.75) is 56.8 Å². The summed E-state index contributed by atoms with van der Waals surface area (Å²) in [7, 11) is 0. The molecule has 2 fully saturated rings. The molecule has 7 rings (SSSR count). The summed E-state index contributed by atoms with van der Waals surface area (Å²) in [5, 5.41) is 31.5. The minimum absolute atomic E-state index is 0.0509. The van der Waals surface area contributed by atoms with Crippen LogP contribution >= 0.6 is 22.9 Å². The molecule has 6 atom stereocenters. The Labute approximate surface area is 263 Å². The highest BCUT2D eigenvalue weighted by molar-refractivity contribution is 7.13. The number of rotatable bonds is 5. The van der Waals surface area contributed by atoms with Gasteiger partial charge in [-0.05, 0) is 32.0 Å². The van der Waals surface area contributed by atoms with E-state index >= 15 is 0 Å². The second-order valence-electron chi connectivity index (χ2n) is 10.7. The van der Waals surface area contributed by atoms with E-state index in [2.05, 4.69) is 25.5 Å². The van der Waals surface area contributed by atoms with Gasteiger partial charge in [-0.2, -0.15) is 13.2 Å². The SMILES string of the molecule is Cc1csc(-c2cn([C@@H]3C(O)[C@H](c4nnc(C)n4-c4cc(Cl)ccc4C(F)(F)F)OC4COC(c5ccccc5)O[C@@H]43)nn2)n1. The fraction of sp³-hybridized carbons (Fsp3) is 0.345. The van der Waals surface area contributed by atoms with Crippen LogP contribution in [0.1, 0.15) is 46.9 Å². The highest BCUT2D eigenvalue weighted by atomic mass is 35.5. The van der Waals surface area contributed by atoms with E-state index in [4.69, 9.17) is 25.8 Å². The number of alkyl halides is 3.